The molecule has 5 heteroatoms. The maximum absolute atomic E-state index is 4.62. The van der Waals surface area contributed by atoms with Gasteiger partial charge in [-0.05, 0) is 19.9 Å². The van der Waals surface area contributed by atoms with Gasteiger partial charge in [0.2, 0.25) is 0 Å². The molecule has 2 rings (SSSR count). The number of rotatable bonds is 6. The molecule has 0 radical (unpaired) electrons. The average Bonchev–Trinajstić information content (AvgIpc) is 2.94. The van der Waals surface area contributed by atoms with Gasteiger partial charge >= 0.3 is 0 Å². The second-order valence-electron chi connectivity index (χ2n) is 5.18. The summed E-state index contributed by atoms with van der Waals surface area (Å²) in [5.74, 6) is 0. The zero-order valence-corrected chi connectivity index (χ0v) is 12.2. The first kappa shape index (κ1) is 13.8. The van der Waals surface area contributed by atoms with Gasteiger partial charge < -0.3 is 5.32 Å². The lowest BCUT2D eigenvalue weighted by atomic mass is 10.2. The molecule has 0 unspecified atom stereocenters. The van der Waals surface area contributed by atoms with E-state index in [2.05, 4.69) is 47.9 Å². The number of nitrogens with zero attached hydrogens (tertiary/aromatic N) is 4. The standard InChI is InChI=1S/C14H23N5/c1-11(2)15-10-14-12(3)17-19(13(14)4)9-8-18-7-5-6-16-18/h5-7,11,15H,8-10H2,1-4H3. The molecule has 2 heterocycles. The maximum Gasteiger partial charge on any atom is 0.0641 e. The van der Waals surface area contributed by atoms with Crippen LogP contribution in [0.25, 0.3) is 0 Å². The fourth-order valence-corrected chi connectivity index (χ4v) is 2.14. The molecule has 5 nitrogen and oxygen atoms in total. The second kappa shape index (κ2) is 6.02. The van der Waals surface area contributed by atoms with Crippen LogP contribution in [0.5, 0.6) is 0 Å². The highest BCUT2D eigenvalue weighted by Crippen LogP contribution is 2.13. The Labute approximate surface area is 114 Å². The molecule has 0 saturated heterocycles. The van der Waals surface area contributed by atoms with Gasteiger partial charge in [-0.1, -0.05) is 13.8 Å². The minimum atomic E-state index is 0.492. The van der Waals surface area contributed by atoms with Crippen LogP contribution in [-0.2, 0) is 19.6 Å². The Balaban J connectivity index is 2.03. The van der Waals surface area contributed by atoms with Crippen LogP contribution in [0.1, 0.15) is 30.8 Å². The highest BCUT2D eigenvalue weighted by atomic mass is 15.3. The van der Waals surface area contributed by atoms with Crippen molar-refractivity contribution in [1.29, 1.82) is 0 Å². The molecule has 0 saturated carbocycles. The van der Waals surface area contributed by atoms with Crippen LogP contribution in [0, 0.1) is 13.8 Å². The molecule has 2 aromatic rings. The van der Waals surface area contributed by atoms with E-state index in [1.54, 1.807) is 6.20 Å². The van der Waals surface area contributed by atoms with Crippen LogP contribution in [0.2, 0.25) is 0 Å². The van der Waals surface area contributed by atoms with Crippen LogP contribution >= 0.6 is 0 Å². The quantitative estimate of drug-likeness (QED) is 0.864. The van der Waals surface area contributed by atoms with Crippen molar-refractivity contribution in [3.05, 3.63) is 35.4 Å². The SMILES string of the molecule is Cc1nn(CCn2cccn2)c(C)c1CNC(C)C. The van der Waals surface area contributed by atoms with Crippen molar-refractivity contribution in [2.45, 2.75) is 53.4 Å². The van der Waals surface area contributed by atoms with Gasteiger partial charge in [-0.3, -0.25) is 9.36 Å². The van der Waals surface area contributed by atoms with Crippen LogP contribution < -0.4 is 5.32 Å². The van der Waals surface area contributed by atoms with E-state index in [0.717, 1.165) is 25.3 Å². The fourth-order valence-electron chi connectivity index (χ4n) is 2.14. The first-order valence-electron chi connectivity index (χ1n) is 6.81. The van der Waals surface area contributed by atoms with E-state index in [4.69, 9.17) is 0 Å². The summed E-state index contributed by atoms with van der Waals surface area (Å²) in [6.45, 7) is 11.1. The van der Waals surface area contributed by atoms with Gasteiger partial charge in [0.1, 0.15) is 0 Å². The molecule has 0 amide bonds. The summed E-state index contributed by atoms with van der Waals surface area (Å²) in [5, 5.41) is 12.3. The summed E-state index contributed by atoms with van der Waals surface area (Å²) < 4.78 is 4.01. The molecule has 0 aliphatic heterocycles. The zero-order valence-electron chi connectivity index (χ0n) is 12.2. The first-order chi connectivity index (χ1) is 9.08. The van der Waals surface area contributed by atoms with E-state index in [0.29, 0.717) is 6.04 Å². The maximum atomic E-state index is 4.62. The third-order valence-corrected chi connectivity index (χ3v) is 3.32. The van der Waals surface area contributed by atoms with E-state index < -0.39 is 0 Å². The van der Waals surface area contributed by atoms with Crippen LogP contribution in [-0.4, -0.2) is 25.6 Å². The molecule has 1 N–H and O–H groups in total. The van der Waals surface area contributed by atoms with Gasteiger partial charge in [0.25, 0.3) is 0 Å². The molecular formula is C14H23N5. The number of hydrogen-bond donors (Lipinski definition) is 1. The van der Waals surface area contributed by atoms with E-state index in [1.807, 2.05) is 16.9 Å². The molecule has 2 aromatic heterocycles. The van der Waals surface area contributed by atoms with Crippen molar-refractivity contribution in [2.24, 2.45) is 0 Å². The van der Waals surface area contributed by atoms with Gasteiger partial charge in [-0.25, -0.2) is 0 Å². The minimum Gasteiger partial charge on any atom is -0.310 e. The number of hydrogen-bond acceptors (Lipinski definition) is 3. The van der Waals surface area contributed by atoms with Gasteiger partial charge in [-0.2, -0.15) is 10.2 Å². The Morgan fingerprint density at radius 1 is 1.26 bits per heavy atom. The van der Waals surface area contributed by atoms with Crippen LogP contribution in [0.4, 0.5) is 0 Å². The topological polar surface area (TPSA) is 47.7 Å². The van der Waals surface area contributed by atoms with Crippen LogP contribution in [0.3, 0.4) is 0 Å². The third kappa shape index (κ3) is 3.44. The molecule has 0 fully saturated rings. The summed E-state index contributed by atoms with van der Waals surface area (Å²) >= 11 is 0. The van der Waals surface area contributed by atoms with Crippen molar-refractivity contribution in [3.8, 4) is 0 Å². The number of nitrogens with one attached hydrogen (secondary N) is 1. The molecule has 0 aliphatic rings. The Morgan fingerprint density at radius 3 is 2.68 bits per heavy atom. The summed E-state index contributed by atoms with van der Waals surface area (Å²) in [6, 6.07) is 2.44. The Hall–Kier alpha value is -1.62. The third-order valence-electron chi connectivity index (χ3n) is 3.32. The minimum absolute atomic E-state index is 0.492. The summed E-state index contributed by atoms with van der Waals surface area (Å²) in [7, 11) is 0. The lowest BCUT2D eigenvalue weighted by molar-refractivity contribution is 0.490. The lowest BCUT2D eigenvalue weighted by Gasteiger charge is -2.09. The van der Waals surface area contributed by atoms with Gasteiger partial charge in [0.15, 0.2) is 0 Å². The van der Waals surface area contributed by atoms with Crippen molar-refractivity contribution >= 4 is 0 Å². The molecule has 0 aliphatic carbocycles. The van der Waals surface area contributed by atoms with E-state index in [1.165, 1.54) is 11.3 Å². The normalized spacial score (nSPS) is 11.4. The number of aromatic nitrogens is 4. The van der Waals surface area contributed by atoms with Gasteiger partial charge in [0.05, 0.1) is 18.8 Å². The average molecular weight is 261 g/mol. The summed E-state index contributed by atoms with van der Waals surface area (Å²) in [5.41, 5.74) is 3.68. The summed E-state index contributed by atoms with van der Waals surface area (Å²) in [6.07, 6.45) is 3.78. The highest BCUT2D eigenvalue weighted by molar-refractivity contribution is 5.24. The monoisotopic (exact) mass is 261 g/mol. The van der Waals surface area contributed by atoms with Crippen LogP contribution in [0.15, 0.2) is 18.5 Å². The van der Waals surface area contributed by atoms with Crippen molar-refractivity contribution in [1.82, 2.24) is 24.9 Å². The van der Waals surface area contributed by atoms with E-state index in [-0.39, 0.29) is 0 Å². The smallest absolute Gasteiger partial charge is 0.0641 e. The highest BCUT2D eigenvalue weighted by Gasteiger charge is 2.11. The molecule has 0 atom stereocenters. The van der Waals surface area contributed by atoms with Crippen molar-refractivity contribution < 1.29 is 0 Å². The van der Waals surface area contributed by atoms with Crippen molar-refractivity contribution in [3.63, 3.8) is 0 Å². The summed E-state index contributed by atoms with van der Waals surface area (Å²) in [4.78, 5) is 0. The fraction of sp³-hybridized carbons (Fsp3) is 0.571. The largest absolute Gasteiger partial charge is 0.310 e. The molecular weight excluding hydrogens is 238 g/mol. The predicted octanol–water partition coefficient (Wildman–Crippen LogP) is 1.89. The predicted molar refractivity (Wildman–Crippen MR) is 75.9 cm³/mol. The molecule has 19 heavy (non-hydrogen) atoms. The van der Waals surface area contributed by atoms with Gasteiger partial charge in [0, 0.05) is 36.2 Å². The first-order valence-corrected chi connectivity index (χ1v) is 6.81. The zero-order chi connectivity index (χ0) is 13.8. The van der Waals surface area contributed by atoms with Crippen molar-refractivity contribution in [2.75, 3.05) is 0 Å². The Bertz CT molecular complexity index is 510. The van der Waals surface area contributed by atoms with Gasteiger partial charge in [-0.15, -0.1) is 0 Å². The lowest BCUT2D eigenvalue weighted by Crippen LogP contribution is -2.22. The molecule has 0 bridgehead atoms. The Morgan fingerprint density at radius 2 is 2.05 bits per heavy atom. The van der Waals surface area contributed by atoms with E-state index >= 15 is 0 Å². The molecule has 0 aromatic carbocycles. The molecule has 104 valence electrons. The second-order valence-corrected chi connectivity index (χ2v) is 5.18. The van der Waals surface area contributed by atoms with E-state index in [9.17, 15) is 0 Å². The molecule has 0 spiro atoms. The Kier molecular flexibility index (Phi) is 4.37. The number of aryl methyl sites for hydroxylation is 3.